The van der Waals surface area contributed by atoms with Crippen LogP contribution in [-0.4, -0.2) is 60.8 Å². The van der Waals surface area contributed by atoms with Crippen LogP contribution in [0.4, 0.5) is 0 Å². The maximum Gasteiger partial charge on any atom is 0.0998 e. The van der Waals surface area contributed by atoms with Crippen molar-refractivity contribution in [2.45, 2.75) is 6.42 Å². The Balaban J connectivity index is 1.36. The van der Waals surface area contributed by atoms with E-state index in [-0.39, 0.29) is 0 Å². The van der Waals surface area contributed by atoms with Crippen molar-refractivity contribution in [3.63, 3.8) is 0 Å². The quantitative estimate of drug-likeness (QED) is 0.787. The van der Waals surface area contributed by atoms with Crippen LogP contribution in [0.25, 0.3) is 11.4 Å². The van der Waals surface area contributed by atoms with E-state index in [1.54, 1.807) is 11.3 Å². The Kier molecular flexibility index (Phi) is 5.89. The van der Waals surface area contributed by atoms with Crippen LogP contribution in [0.1, 0.15) is 5.01 Å². The van der Waals surface area contributed by atoms with Crippen LogP contribution in [0.5, 0.6) is 0 Å². The number of ether oxygens (including phenoxy) is 1. The fraction of sp³-hybridized carbons (Fsp3) is 0.500. The topological polar surface area (TPSA) is 50.3 Å². The molecule has 0 unspecified atom stereocenters. The average molecular weight is 318 g/mol. The van der Waals surface area contributed by atoms with Gasteiger partial charge in [-0.05, 0) is 12.1 Å². The maximum absolute atomic E-state index is 5.35. The highest BCUT2D eigenvalue weighted by molar-refractivity contribution is 7.09. The molecule has 118 valence electrons. The van der Waals surface area contributed by atoms with Crippen LogP contribution in [0.15, 0.2) is 29.8 Å². The smallest absolute Gasteiger partial charge is 0.0998 e. The molecule has 22 heavy (non-hydrogen) atoms. The summed E-state index contributed by atoms with van der Waals surface area (Å²) in [6.45, 7) is 6.95. The van der Waals surface area contributed by atoms with Crippen molar-refractivity contribution in [2.75, 3.05) is 45.9 Å². The summed E-state index contributed by atoms with van der Waals surface area (Å²) in [5, 5.41) is 6.75. The first-order valence-electron chi connectivity index (χ1n) is 7.78. The van der Waals surface area contributed by atoms with E-state index in [9.17, 15) is 0 Å². The summed E-state index contributed by atoms with van der Waals surface area (Å²) >= 11 is 1.71. The fourth-order valence-electron chi connectivity index (χ4n) is 2.44. The van der Waals surface area contributed by atoms with Crippen molar-refractivity contribution in [2.24, 2.45) is 0 Å². The van der Waals surface area contributed by atoms with Gasteiger partial charge in [0.25, 0.3) is 0 Å². The number of pyridine rings is 1. The molecule has 2 aromatic rings. The number of hydrogen-bond acceptors (Lipinski definition) is 6. The minimum atomic E-state index is 0.870. The van der Waals surface area contributed by atoms with Gasteiger partial charge in [0, 0.05) is 50.7 Å². The Bertz CT molecular complexity index is 554. The van der Waals surface area contributed by atoms with Crippen LogP contribution in [0.2, 0.25) is 0 Å². The fourth-order valence-corrected chi connectivity index (χ4v) is 3.23. The van der Waals surface area contributed by atoms with Crippen molar-refractivity contribution >= 4 is 11.3 Å². The number of hydrogen-bond donors (Lipinski definition) is 1. The standard InChI is InChI=1S/C16H22N4OS/c1-2-5-18-14(3-1)15-13-22-16(19-15)4-6-17-7-8-20-9-11-21-12-10-20/h1-3,5,13,17H,4,6-12H2. The van der Waals surface area contributed by atoms with E-state index in [1.165, 1.54) is 5.01 Å². The molecule has 2 aromatic heterocycles. The molecule has 0 aliphatic carbocycles. The summed E-state index contributed by atoms with van der Waals surface area (Å²) in [6.07, 6.45) is 2.78. The first-order chi connectivity index (χ1) is 10.9. The molecule has 5 nitrogen and oxygen atoms in total. The van der Waals surface area contributed by atoms with Gasteiger partial charge in [-0.2, -0.15) is 0 Å². The van der Waals surface area contributed by atoms with Gasteiger partial charge in [-0.3, -0.25) is 9.88 Å². The highest BCUT2D eigenvalue weighted by Gasteiger charge is 2.09. The molecular weight excluding hydrogens is 296 g/mol. The zero-order valence-electron chi connectivity index (χ0n) is 12.7. The Hall–Kier alpha value is -1.34. The predicted octanol–water partition coefficient (Wildman–Crippen LogP) is 1.67. The molecular formula is C16H22N4OS. The normalized spacial score (nSPS) is 16.0. The Morgan fingerprint density at radius 2 is 2.09 bits per heavy atom. The second-order valence-corrected chi connectivity index (χ2v) is 6.24. The van der Waals surface area contributed by atoms with E-state index >= 15 is 0 Å². The number of rotatable bonds is 7. The lowest BCUT2D eigenvalue weighted by atomic mass is 10.3. The molecule has 3 heterocycles. The molecule has 1 fully saturated rings. The molecule has 1 N–H and O–H groups in total. The van der Waals surface area contributed by atoms with Crippen LogP contribution in [0, 0.1) is 0 Å². The third-order valence-corrected chi connectivity index (χ3v) is 4.61. The van der Waals surface area contributed by atoms with E-state index < -0.39 is 0 Å². The summed E-state index contributed by atoms with van der Waals surface area (Å²) in [5.41, 5.74) is 1.93. The molecule has 0 saturated carbocycles. The molecule has 0 amide bonds. The molecule has 1 aliphatic rings. The third kappa shape index (κ3) is 4.58. The Labute approximate surface area is 135 Å². The minimum Gasteiger partial charge on any atom is -0.379 e. The van der Waals surface area contributed by atoms with Gasteiger partial charge >= 0.3 is 0 Å². The highest BCUT2D eigenvalue weighted by Crippen LogP contribution is 2.19. The van der Waals surface area contributed by atoms with Gasteiger partial charge in [0.1, 0.15) is 0 Å². The molecule has 0 spiro atoms. The Morgan fingerprint density at radius 3 is 2.91 bits per heavy atom. The first kappa shape index (κ1) is 15.6. The van der Waals surface area contributed by atoms with E-state index in [0.717, 1.165) is 63.7 Å². The van der Waals surface area contributed by atoms with Crippen LogP contribution in [0.3, 0.4) is 0 Å². The summed E-state index contributed by atoms with van der Waals surface area (Å²) in [7, 11) is 0. The summed E-state index contributed by atoms with van der Waals surface area (Å²) < 4.78 is 5.35. The van der Waals surface area contributed by atoms with Crippen LogP contribution >= 0.6 is 11.3 Å². The van der Waals surface area contributed by atoms with Crippen molar-refractivity contribution in [1.29, 1.82) is 0 Å². The van der Waals surface area contributed by atoms with Gasteiger partial charge < -0.3 is 10.1 Å². The van der Waals surface area contributed by atoms with Gasteiger partial charge in [-0.25, -0.2) is 4.98 Å². The molecule has 0 aromatic carbocycles. The number of nitrogens with one attached hydrogen (secondary N) is 1. The number of nitrogens with zero attached hydrogens (tertiary/aromatic N) is 3. The molecule has 1 aliphatic heterocycles. The van der Waals surface area contributed by atoms with Gasteiger partial charge in [0.15, 0.2) is 0 Å². The predicted molar refractivity (Wildman–Crippen MR) is 89.2 cm³/mol. The molecule has 0 atom stereocenters. The molecule has 0 bridgehead atoms. The summed E-state index contributed by atoms with van der Waals surface area (Å²) in [5.74, 6) is 0. The number of morpholine rings is 1. The highest BCUT2D eigenvalue weighted by atomic mass is 32.1. The van der Waals surface area contributed by atoms with E-state index in [1.807, 2.05) is 24.4 Å². The average Bonchev–Trinajstić information content (AvgIpc) is 3.05. The number of thiazole rings is 1. The van der Waals surface area contributed by atoms with Crippen molar-refractivity contribution < 1.29 is 4.74 Å². The molecule has 3 rings (SSSR count). The SMILES string of the molecule is c1ccc(-c2csc(CCNCCN3CCOCC3)n2)nc1. The lowest BCUT2D eigenvalue weighted by Crippen LogP contribution is -2.40. The molecule has 6 heteroatoms. The first-order valence-corrected chi connectivity index (χ1v) is 8.66. The number of aromatic nitrogens is 2. The van der Waals surface area contributed by atoms with Crippen LogP contribution in [-0.2, 0) is 11.2 Å². The third-order valence-electron chi connectivity index (χ3n) is 3.70. The largest absolute Gasteiger partial charge is 0.379 e. The van der Waals surface area contributed by atoms with Crippen molar-refractivity contribution in [1.82, 2.24) is 20.2 Å². The lowest BCUT2D eigenvalue weighted by molar-refractivity contribution is 0.0385. The van der Waals surface area contributed by atoms with E-state index in [4.69, 9.17) is 4.74 Å². The van der Waals surface area contributed by atoms with E-state index in [2.05, 4.69) is 25.6 Å². The second-order valence-electron chi connectivity index (χ2n) is 5.30. The maximum atomic E-state index is 5.35. The summed E-state index contributed by atoms with van der Waals surface area (Å²) in [4.78, 5) is 11.4. The van der Waals surface area contributed by atoms with Gasteiger partial charge in [-0.15, -0.1) is 11.3 Å². The van der Waals surface area contributed by atoms with Gasteiger partial charge in [0.05, 0.1) is 29.6 Å². The zero-order valence-corrected chi connectivity index (χ0v) is 13.5. The lowest BCUT2D eigenvalue weighted by Gasteiger charge is -2.26. The van der Waals surface area contributed by atoms with Crippen LogP contribution < -0.4 is 5.32 Å². The molecule has 1 saturated heterocycles. The molecule has 0 radical (unpaired) electrons. The van der Waals surface area contributed by atoms with Crippen molar-refractivity contribution in [3.8, 4) is 11.4 Å². The summed E-state index contributed by atoms with van der Waals surface area (Å²) in [6, 6.07) is 5.92. The van der Waals surface area contributed by atoms with Gasteiger partial charge in [0.2, 0.25) is 0 Å². The minimum absolute atomic E-state index is 0.870. The van der Waals surface area contributed by atoms with Crippen molar-refractivity contribution in [3.05, 3.63) is 34.8 Å². The second kappa shape index (κ2) is 8.33. The van der Waals surface area contributed by atoms with E-state index in [0.29, 0.717) is 0 Å². The Morgan fingerprint density at radius 1 is 1.18 bits per heavy atom. The zero-order chi connectivity index (χ0) is 15.0. The van der Waals surface area contributed by atoms with Gasteiger partial charge in [-0.1, -0.05) is 6.07 Å². The monoisotopic (exact) mass is 318 g/mol.